The average molecular weight is 503 g/mol. The van der Waals surface area contributed by atoms with Gasteiger partial charge in [-0.15, -0.1) is 12.4 Å². The predicted octanol–water partition coefficient (Wildman–Crippen LogP) is 5.95. The Morgan fingerprint density at radius 3 is 2.26 bits per heavy atom. The highest BCUT2D eigenvalue weighted by molar-refractivity contribution is 7.92. The quantitative estimate of drug-likeness (QED) is 0.453. The Morgan fingerprint density at radius 2 is 1.62 bits per heavy atom. The molecule has 4 rings (SSSR count). The van der Waals surface area contributed by atoms with Gasteiger partial charge in [0.2, 0.25) is 0 Å². The maximum atomic E-state index is 13.1. The highest BCUT2D eigenvalue weighted by Gasteiger charge is 2.21. The van der Waals surface area contributed by atoms with E-state index in [1.165, 1.54) is 41.0 Å². The number of rotatable bonds is 6. The number of halogens is 2. The summed E-state index contributed by atoms with van der Waals surface area (Å²) in [5.41, 5.74) is 5.43. The maximum absolute atomic E-state index is 13.1. The standard InChI is InChI=1S/C27H31FN2O2S.ClH/c1-27(2,3)23-7-4-20(5-8-23)14-16-30-17-15-21-18-26(13-6-22(21)19-30)33(31,32)29-25-11-9-24(28)10-12-25;/h4-13,18,29H,14-17,19H2,1-3H3;1H. The average Bonchev–Trinajstić information content (AvgIpc) is 2.78. The summed E-state index contributed by atoms with van der Waals surface area (Å²) in [6, 6.07) is 19.5. The third-order valence-corrected chi connectivity index (χ3v) is 7.59. The van der Waals surface area contributed by atoms with Crippen LogP contribution in [0.4, 0.5) is 10.1 Å². The van der Waals surface area contributed by atoms with Crippen LogP contribution in [0.5, 0.6) is 0 Å². The molecule has 1 N–H and O–H groups in total. The fourth-order valence-electron chi connectivity index (χ4n) is 4.14. The largest absolute Gasteiger partial charge is 0.298 e. The SMILES string of the molecule is CC(C)(C)c1ccc(CCN2CCc3cc(S(=O)(=O)Nc4ccc(F)cc4)ccc3C2)cc1.Cl. The number of nitrogens with one attached hydrogen (secondary N) is 1. The van der Waals surface area contributed by atoms with Gasteiger partial charge in [-0.05, 0) is 76.9 Å². The van der Waals surface area contributed by atoms with Gasteiger partial charge < -0.3 is 0 Å². The number of nitrogens with zero attached hydrogens (tertiary/aromatic N) is 1. The van der Waals surface area contributed by atoms with Gasteiger partial charge in [0.1, 0.15) is 5.82 Å². The molecule has 0 fully saturated rings. The van der Waals surface area contributed by atoms with Crippen molar-refractivity contribution in [1.29, 1.82) is 0 Å². The van der Waals surface area contributed by atoms with E-state index in [2.05, 4.69) is 54.7 Å². The molecule has 1 heterocycles. The molecule has 0 aliphatic carbocycles. The Hall–Kier alpha value is -2.41. The third kappa shape index (κ3) is 6.38. The molecule has 0 saturated heterocycles. The first-order valence-electron chi connectivity index (χ1n) is 11.3. The van der Waals surface area contributed by atoms with E-state index in [-0.39, 0.29) is 22.7 Å². The number of fused-ring (bicyclic) bond motifs is 1. The number of benzene rings is 3. The van der Waals surface area contributed by atoms with E-state index in [0.29, 0.717) is 5.69 Å². The molecule has 0 radical (unpaired) electrons. The number of hydrogen-bond acceptors (Lipinski definition) is 3. The highest BCUT2D eigenvalue weighted by atomic mass is 35.5. The lowest BCUT2D eigenvalue weighted by Gasteiger charge is -2.29. The summed E-state index contributed by atoms with van der Waals surface area (Å²) in [5, 5.41) is 0. The molecule has 1 aliphatic rings. The van der Waals surface area contributed by atoms with E-state index in [4.69, 9.17) is 0 Å². The van der Waals surface area contributed by atoms with Crippen LogP contribution in [0.1, 0.15) is 43.0 Å². The Labute approximate surface area is 208 Å². The van der Waals surface area contributed by atoms with Gasteiger partial charge in [-0.25, -0.2) is 12.8 Å². The van der Waals surface area contributed by atoms with Crippen LogP contribution in [-0.2, 0) is 34.8 Å². The Balaban J connectivity index is 0.00000324. The zero-order valence-electron chi connectivity index (χ0n) is 19.8. The molecule has 0 atom stereocenters. The molecule has 7 heteroatoms. The molecule has 0 aromatic heterocycles. The van der Waals surface area contributed by atoms with E-state index >= 15 is 0 Å². The molecular formula is C27H32ClFN2O2S. The Bertz CT molecular complexity index is 1220. The van der Waals surface area contributed by atoms with Crippen molar-refractivity contribution in [3.8, 4) is 0 Å². The molecule has 4 nitrogen and oxygen atoms in total. The van der Waals surface area contributed by atoms with Crippen molar-refractivity contribution in [2.45, 2.75) is 50.5 Å². The maximum Gasteiger partial charge on any atom is 0.261 e. The van der Waals surface area contributed by atoms with Crippen molar-refractivity contribution < 1.29 is 12.8 Å². The summed E-state index contributed by atoms with van der Waals surface area (Å²) in [7, 11) is -3.72. The Morgan fingerprint density at radius 1 is 0.941 bits per heavy atom. The monoisotopic (exact) mass is 502 g/mol. The third-order valence-electron chi connectivity index (χ3n) is 6.21. The minimum atomic E-state index is -3.72. The normalized spacial score (nSPS) is 14.2. The molecule has 34 heavy (non-hydrogen) atoms. The zero-order valence-corrected chi connectivity index (χ0v) is 21.5. The van der Waals surface area contributed by atoms with Crippen LogP contribution in [0.25, 0.3) is 0 Å². The minimum absolute atomic E-state index is 0. The van der Waals surface area contributed by atoms with Crippen LogP contribution in [-0.4, -0.2) is 26.4 Å². The van der Waals surface area contributed by atoms with Gasteiger partial charge in [0.15, 0.2) is 0 Å². The van der Waals surface area contributed by atoms with Gasteiger partial charge in [0.25, 0.3) is 10.0 Å². The summed E-state index contributed by atoms with van der Waals surface area (Å²) >= 11 is 0. The van der Waals surface area contributed by atoms with Crippen LogP contribution >= 0.6 is 12.4 Å². The number of sulfonamides is 1. The second-order valence-electron chi connectivity index (χ2n) is 9.77. The lowest BCUT2D eigenvalue weighted by molar-refractivity contribution is 0.257. The first-order chi connectivity index (χ1) is 15.6. The van der Waals surface area contributed by atoms with Crippen LogP contribution in [0.2, 0.25) is 0 Å². The fourth-order valence-corrected chi connectivity index (χ4v) is 5.25. The molecule has 0 unspecified atom stereocenters. The lowest BCUT2D eigenvalue weighted by Crippen LogP contribution is -2.32. The van der Waals surface area contributed by atoms with Crippen molar-refractivity contribution in [3.63, 3.8) is 0 Å². The van der Waals surface area contributed by atoms with Gasteiger partial charge in [-0.2, -0.15) is 0 Å². The van der Waals surface area contributed by atoms with Crippen LogP contribution < -0.4 is 4.72 Å². The first kappa shape index (κ1) is 26.2. The van der Waals surface area contributed by atoms with Crippen LogP contribution in [0, 0.1) is 5.82 Å². The highest BCUT2D eigenvalue weighted by Crippen LogP contribution is 2.25. The summed E-state index contributed by atoms with van der Waals surface area (Å²) < 4.78 is 41.1. The molecule has 3 aromatic carbocycles. The predicted molar refractivity (Wildman–Crippen MR) is 139 cm³/mol. The lowest BCUT2D eigenvalue weighted by atomic mass is 9.86. The van der Waals surface area contributed by atoms with E-state index in [1.807, 2.05) is 6.07 Å². The van der Waals surface area contributed by atoms with Gasteiger partial charge in [-0.1, -0.05) is 51.1 Å². The van der Waals surface area contributed by atoms with Crippen molar-refractivity contribution in [2.75, 3.05) is 17.8 Å². The second-order valence-corrected chi connectivity index (χ2v) is 11.4. The summed E-state index contributed by atoms with van der Waals surface area (Å²) in [6.45, 7) is 9.37. The second kappa shape index (κ2) is 10.5. The van der Waals surface area contributed by atoms with Crippen LogP contribution in [0.15, 0.2) is 71.6 Å². The number of hydrogen-bond donors (Lipinski definition) is 1. The minimum Gasteiger partial charge on any atom is -0.298 e. The van der Waals surface area contributed by atoms with Crippen molar-refractivity contribution >= 4 is 28.1 Å². The summed E-state index contributed by atoms with van der Waals surface area (Å²) in [4.78, 5) is 2.66. The van der Waals surface area contributed by atoms with Crippen LogP contribution in [0.3, 0.4) is 0 Å². The Kier molecular flexibility index (Phi) is 8.06. The van der Waals surface area contributed by atoms with Gasteiger partial charge in [0.05, 0.1) is 4.90 Å². The smallest absolute Gasteiger partial charge is 0.261 e. The van der Waals surface area contributed by atoms with Gasteiger partial charge >= 0.3 is 0 Å². The molecule has 0 amide bonds. The van der Waals surface area contributed by atoms with Crippen molar-refractivity contribution in [3.05, 3.63) is 94.8 Å². The van der Waals surface area contributed by atoms with E-state index < -0.39 is 15.8 Å². The molecule has 0 bridgehead atoms. The molecule has 1 aliphatic heterocycles. The van der Waals surface area contributed by atoms with E-state index in [9.17, 15) is 12.8 Å². The molecule has 0 saturated carbocycles. The van der Waals surface area contributed by atoms with Gasteiger partial charge in [-0.3, -0.25) is 9.62 Å². The zero-order chi connectivity index (χ0) is 23.6. The molecule has 3 aromatic rings. The topological polar surface area (TPSA) is 49.4 Å². The summed E-state index contributed by atoms with van der Waals surface area (Å²) in [6.07, 6.45) is 1.81. The van der Waals surface area contributed by atoms with Gasteiger partial charge in [0, 0.05) is 25.3 Å². The first-order valence-corrected chi connectivity index (χ1v) is 12.8. The van der Waals surface area contributed by atoms with E-state index in [1.54, 1.807) is 12.1 Å². The molecule has 0 spiro atoms. The fraction of sp³-hybridized carbons (Fsp3) is 0.333. The van der Waals surface area contributed by atoms with E-state index in [0.717, 1.165) is 38.0 Å². The summed E-state index contributed by atoms with van der Waals surface area (Å²) in [5.74, 6) is -0.404. The van der Waals surface area contributed by atoms with Crippen molar-refractivity contribution in [1.82, 2.24) is 4.90 Å². The molecular weight excluding hydrogens is 471 g/mol. The molecule has 182 valence electrons. The number of anilines is 1. The van der Waals surface area contributed by atoms with Crippen molar-refractivity contribution in [2.24, 2.45) is 0 Å².